The Morgan fingerprint density at radius 1 is 1.05 bits per heavy atom. The van der Waals surface area contributed by atoms with Gasteiger partial charge in [0.05, 0.1) is 6.04 Å². The van der Waals surface area contributed by atoms with E-state index in [1.807, 2.05) is 72.8 Å². The molecule has 3 heteroatoms. The van der Waals surface area contributed by atoms with Gasteiger partial charge in [0.15, 0.2) is 0 Å². The molecule has 3 nitrogen and oxygen atoms in total. The van der Waals surface area contributed by atoms with E-state index in [1.165, 1.54) is 0 Å². The first-order valence-electron chi connectivity index (χ1n) is 7.03. The summed E-state index contributed by atoms with van der Waals surface area (Å²) in [5, 5.41) is 0. The number of hydrogen-bond acceptors (Lipinski definition) is 2. The highest BCUT2D eigenvalue weighted by atomic mass is 16.6. The molecule has 1 atom stereocenters. The minimum Gasteiger partial charge on any atom is -0.445 e. The Hall–Kier alpha value is -2.55. The average molecular weight is 279 g/mol. The van der Waals surface area contributed by atoms with Crippen LogP contribution in [-0.4, -0.2) is 17.5 Å². The maximum Gasteiger partial charge on any atom is 0.411 e. The van der Waals surface area contributed by atoms with E-state index in [0.717, 1.165) is 11.1 Å². The zero-order valence-corrected chi connectivity index (χ0v) is 11.7. The van der Waals surface area contributed by atoms with E-state index in [9.17, 15) is 4.79 Å². The predicted octanol–water partition coefficient (Wildman–Crippen LogP) is 3.94. The SMILES string of the molecule is O=C(OCc1ccccc1)N1CC=C[C@@H]1c1ccccc1. The number of hydrogen-bond donors (Lipinski definition) is 0. The molecule has 0 saturated heterocycles. The Bertz CT molecular complexity index is 622. The van der Waals surface area contributed by atoms with Crippen LogP contribution in [-0.2, 0) is 11.3 Å². The van der Waals surface area contributed by atoms with Gasteiger partial charge in [0.1, 0.15) is 6.61 Å². The third-order valence-corrected chi connectivity index (χ3v) is 3.54. The monoisotopic (exact) mass is 279 g/mol. The van der Waals surface area contributed by atoms with E-state index in [2.05, 4.69) is 0 Å². The summed E-state index contributed by atoms with van der Waals surface area (Å²) in [7, 11) is 0. The quantitative estimate of drug-likeness (QED) is 0.796. The van der Waals surface area contributed by atoms with Crippen molar-refractivity contribution in [1.82, 2.24) is 4.90 Å². The van der Waals surface area contributed by atoms with Crippen LogP contribution in [0, 0.1) is 0 Å². The fourth-order valence-electron chi connectivity index (χ4n) is 2.45. The lowest BCUT2D eigenvalue weighted by molar-refractivity contribution is 0.0949. The molecule has 0 spiro atoms. The number of benzene rings is 2. The van der Waals surface area contributed by atoms with Gasteiger partial charge >= 0.3 is 6.09 Å². The summed E-state index contributed by atoms with van der Waals surface area (Å²) < 4.78 is 5.41. The first-order valence-corrected chi connectivity index (χ1v) is 7.03. The predicted molar refractivity (Wildman–Crippen MR) is 81.7 cm³/mol. The molecular weight excluding hydrogens is 262 g/mol. The largest absolute Gasteiger partial charge is 0.445 e. The summed E-state index contributed by atoms with van der Waals surface area (Å²) in [5.74, 6) is 0. The molecule has 2 aromatic carbocycles. The molecule has 1 aliphatic heterocycles. The molecule has 106 valence electrons. The van der Waals surface area contributed by atoms with Gasteiger partial charge in [-0.25, -0.2) is 4.79 Å². The van der Waals surface area contributed by atoms with E-state index in [0.29, 0.717) is 13.2 Å². The highest BCUT2D eigenvalue weighted by molar-refractivity contribution is 5.69. The molecule has 0 unspecified atom stereocenters. The lowest BCUT2D eigenvalue weighted by atomic mass is 10.1. The number of ether oxygens (including phenoxy) is 1. The van der Waals surface area contributed by atoms with Gasteiger partial charge in [-0.1, -0.05) is 72.8 Å². The smallest absolute Gasteiger partial charge is 0.411 e. The molecule has 3 rings (SSSR count). The molecule has 1 heterocycles. The average Bonchev–Trinajstić information content (AvgIpc) is 3.04. The molecule has 1 amide bonds. The minimum atomic E-state index is -0.280. The third kappa shape index (κ3) is 3.14. The molecule has 0 saturated carbocycles. The maximum atomic E-state index is 12.3. The van der Waals surface area contributed by atoms with E-state index in [1.54, 1.807) is 4.90 Å². The number of nitrogens with zero attached hydrogens (tertiary/aromatic N) is 1. The molecule has 21 heavy (non-hydrogen) atoms. The van der Waals surface area contributed by atoms with Crippen molar-refractivity contribution < 1.29 is 9.53 Å². The lowest BCUT2D eigenvalue weighted by Gasteiger charge is -2.24. The van der Waals surface area contributed by atoms with Gasteiger partial charge in [0, 0.05) is 6.54 Å². The van der Waals surface area contributed by atoms with Crippen LogP contribution in [0.3, 0.4) is 0 Å². The van der Waals surface area contributed by atoms with E-state index < -0.39 is 0 Å². The fraction of sp³-hybridized carbons (Fsp3) is 0.167. The van der Waals surface area contributed by atoms with E-state index >= 15 is 0 Å². The van der Waals surface area contributed by atoms with E-state index in [-0.39, 0.29) is 12.1 Å². The summed E-state index contributed by atoms with van der Waals surface area (Å²) in [5.41, 5.74) is 2.09. The number of amides is 1. The van der Waals surface area contributed by atoms with Crippen LogP contribution in [0.25, 0.3) is 0 Å². The van der Waals surface area contributed by atoms with Gasteiger partial charge in [-0.2, -0.15) is 0 Å². The third-order valence-electron chi connectivity index (χ3n) is 3.54. The van der Waals surface area contributed by atoms with Gasteiger partial charge < -0.3 is 4.74 Å². The highest BCUT2D eigenvalue weighted by Crippen LogP contribution is 2.27. The van der Waals surface area contributed by atoms with Crippen molar-refractivity contribution in [3.05, 3.63) is 83.9 Å². The summed E-state index contributed by atoms with van der Waals surface area (Å²) in [6.07, 6.45) is 3.76. The maximum absolute atomic E-state index is 12.3. The normalized spacial score (nSPS) is 17.0. The molecule has 1 aliphatic rings. The summed E-state index contributed by atoms with van der Waals surface area (Å²) in [4.78, 5) is 14.0. The Morgan fingerprint density at radius 3 is 2.43 bits per heavy atom. The number of rotatable bonds is 3. The molecule has 0 fully saturated rings. The van der Waals surface area contributed by atoms with Crippen molar-refractivity contribution in [2.45, 2.75) is 12.6 Å². The van der Waals surface area contributed by atoms with Crippen LogP contribution in [0.15, 0.2) is 72.8 Å². The zero-order chi connectivity index (χ0) is 14.5. The zero-order valence-electron chi connectivity index (χ0n) is 11.7. The van der Waals surface area contributed by atoms with Crippen LogP contribution < -0.4 is 0 Å². The molecule has 0 N–H and O–H groups in total. The van der Waals surface area contributed by atoms with Crippen LogP contribution in [0.4, 0.5) is 4.79 Å². The Morgan fingerprint density at radius 2 is 1.71 bits per heavy atom. The van der Waals surface area contributed by atoms with Gasteiger partial charge in [0.2, 0.25) is 0 Å². The first-order chi connectivity index (χ1) is 10.3. The van der Waals surface area contributed by atoms with Crippen LogP contribution >= 0.6 is 0 Å². The summed E-state index contributed by atoms with van der Waals surface area (Å²) >= 11 is 0. The Kier molecular flexibility index (Phi) is 4.01. The molecular formula is C18H17NO2. The molecule has 0 aromatic heterocycles. The second kappa shape index (κ2) is 6.27. The summed E-state index contributed by atoms with van der Waals surface area (Å²) in [6.45, 7) is 0.894. The van der Waals surface area contributed by atoms with Gasteiger partial charge in [-0.3, -0.25) is 4.90 Å². The molecule has 0 radical (unpaired) electrons. The van der Waals surface area contributed by atoms with Crippen molar-refractivity contribution in [2.75, 3.05) is 6.54 Å². The summed E-state index contributed by atoms with van der Waals surface area (Å²) in [6, 6.07) is 19.7. The van der Waals surface area contributed by atoms with Crippen LogP contribution in [0.2, 0.25) is 0 Å². The highest BCUT2D eigenvalue weighted by Gasteiger charge is 2.27. The topological polar surface area (TPSA) is 29.5 Å². The van der Waals surface area contributed by atoms with Crippen molar-refractivity contribution in [3.8, 4) is 0 Å². The van der Waals surface area contributed by atoms with Gasteiger partial charge in [-0.15, -0.1) is 0 Å². The second-order valence-electron chi connectivity index (χ2n) is 4.98. The van der Waals surface area contributed by atoms with Crippen molar-refractivity contribution in [3.63, 3.8) is 0 Å². The standard InChI is InChI=1S/C18H17NO2/c20-18(21-14-15-8-3-1-4-9-15)19-13-7-12-17(19)16-10-5-2-6-11-16/h1-12,17H,13-14H2/t17-/m1/s1. The number of carbonyl (C=O) groups excluding carboxylic acids is 1. The van der Waals surface area contributed by atoms with Gasteiger partial charge in [-0.05, 0) is 11.1 Å². The number of carbonyl (C=O) groups is 1. The van der Waals surface area contributed by atoms with Gasteiger partial charge in [0.25, 0.3) is 0 Å². The fourth-order valence-corrected chi connectivity index (χ4v) is 2.45. The van der Waals surface area contributed by atoms with Crippen molar-refractivity contribution >= 4 is 6.09 Å². The minimum absolute atomic E-state index is 0.0329. The van der Waals surface area contributed by atoms with E-state index in [4.69, 9.17) is 4.74 Å². The van der Waals surface area contributed by atoms with Crippen LogP contribution in [0.5, 0.6) is 0 Å². The van der Waals surface area contributed by atoms with Crippen molar-refractivity contribution in [1.29, 1.82) is 0 Å². The molecule has 2 aromatic rings. The molecule has 0 bridgehead atoms. The Balaban J connectivity index is 1.64. The van der Waals surface area contributed by atoms with Crippen molar-refractivity contribution in [2.24, 2.45) is 0 Å². The van der Waals surface area contributed by atoms with Crippen LogP contribution in [0.1, 0.15) is 17.2 Å². The first kappa shape index (κ1) is 13.4. The lowest BCUT2D eigenvalue weighted by Crippen LogP contribution is -2.31. The second-order valence-corrected chi connectivity index (χ2v) is 4.98. The Labute approximate surface area is 124 Å². The molecule has 0 aliphatic carbocycles.